The number of carbonyl (C=O) groups excluding carboxylic acids is 2. The highest BCUT2D eigenvalue weighted by Gasteiger charge is 2.15. The highest BCUT2D eigenvalue weighted by Crippen LogP contribution is 2.01. The molecule has 1 aliphatic heterocycles. The molecule has 0 bridgehead atoms. The highest BCUT2D eigenvalue weighted by atomic mass is 16.2. The number of amides is 2. The predicted molar refractivity (Wildman–Crippen MR) is 71.1 cm³/mol. The van der Waals surface area contributed by atoms with Gasteiger partial charge in [0.2, 0.25) is 11.8 Å². The highest BCUT2D eigenvalue weighted by molar-refractivity contribution is 5.79. The Bertz CT molecular complexity index is 273. The summed E-state index contributed by atoms with van der Waals surface area (Å²) in [4.78, 5) is 23.0. The fraction of sp³-hybridized carbons (Fsp3) is 0.846. The summed E-state index contributed by atoms with van der Waals surface area (Å²) in [5.74, 6) is 0.401. The second-order valence-electron chi connectivity index (χ2n) is 5.31. The van der Waals surface area contributed by atoms with Gasteiger partial charge in [-0.15, -0.1) is 0 Å². The van der Waals surface area contributed by atoms with Crippen molar-refractivity contribution in [2.45, 2.75) is 45.6 Å². The first kappa shape index (κ1) is 15.0. The molecule has 0 aromatic rings. The molecule has 1 saturated heterocycles. The van der Waals surface area contributed by atoms with Gasteiger partial charge in [-0.1, -0.05) is 13.8 Å². The van der Waals surface area contributed by atoms with Gasteiger partial charge in [0.1, 0.15) is 0 Å². The van der Waals surface area contributed by atoms with Crippen LogP contribution in [0.25, 0.3) is 0 Å². The number of nitrogens with one attached hydrogen (secondary N) is 3. The summed E-state index contributed by atoms with van der Waals surface area (Å²) in [5, 5.41) is 9.00. The molecule has 2 amide bonds. The van der Waals surface area contributed by atoms with Gasteiger partial charge in [-0.2, -0.15) is 0 Å². The van der Waals surface area contributed by atoms with Crippen LogP contribution in [0.4, 0.5) is 0 Å². The maximum absolute atomic E-state index is 11.6. The van der Waals surface area contributed by atoms with Crippen LogP contribution in [0.15, 0.2) is 0 Å². The van der Waals surface area contributed by atoms with Gasteiger partial charge in [0.05, 0.1) is 0 Å². The molecule has 5 nitrogen and oxygen atoms in total. The second-order valence-corrected chi connectivity index (χ2v) is 5.31. The van der Waals surface area contributed by atoms with Crippen LogP contribution in [0, 0.1) is 5.92 Å². The standard InChI is InChI=1S/C13H25N3O2/c1-10(2)8-13(18)15-7-5-12(17)16-11-4-3-6-14-9-11/h10-11,14H,3-9H2,1-2H3,(H,15,18)(H,16,17). The molecular weight excluding hydrogens is 230 g/mol. The number of hydrogen-bond donors (Lipinski definition) is 3. The van der Waals surface area contributed by atoms with Crippen molar-refractivity contribution in [3.8, 4) is 0 Å². The van der Waals surface area contributed by atoms with Crippen LogP contribution in [0.5, 0.6) is 0 Å². The minimum absolute atomic E-state index is 0.0218. The first-order valence-electron chi connectivity index (χ1n) is 6.84. The molecule has 1 rings (SSSR count). The lowest BCUT2D eigenvalue weighted by atomic mass is 10.1. The van der Waals surface area contributed by atoms with Gasteiger partial charge in [0, 0.05) is 32.0 Å². The Morgan fingerprint density at radius 3 is 2.72 bits per heavy atom. The normalized spacial score (nSPS) is 19.6. The van der Waals surface area contributed by atoms with E-state index < -0.39 is 0 Å². The zero-order valence-electron chi connectivity index (χ0n) is 11.4. The van der Waals surface area contributed by atoms with E-state index in [2.05, 4.69) is 16.0 Å². The Kier molecular flexibility index (Phi) is 6.72. The zero-order valence-corrected chi connectivity index (χ0v) is 11.4. The van der Waals surface area contributed by atoms with E-state index in [0.29, 0.717) is 25.3 Å². The molecule has 0 aromatic carbocycles. The van der Waals surface area contributed by atoms with Gasteiger partial charge in [-0.05, 0) is 25.3 Å². The van der Waals surface area contributed by atoms with Crippen molar-refractivity contribution >= 4 is 11.8 Å². The molecule has 0 aromatic heterocycles. The van der Waals surface area contributed by atoms with Crippen LogP contribution >= 0.6 is 0 Å². The fourth-order valence-electron chi connectivity index (χ4n) is 2.03. The Balaban J connectivity index is 2.07. The van der Waals surface area contributed by atoms with E-state index in [9.17, 15) is 9.59 Å². The first-order chi connectivity index (χ1) is 8.58. The van der Waals surface area contributed by atoms with Gasteiger partial charge in [-0.3, -0.25) is 9.59 Å². The molecule has 0 aliphatic carbocycles. The largest absolute Gasteiger partial charge is 0.356 e. The molecule has 0 spiro atoms. The third-order valence-electron chi connectivity index (χ3n) is 2.93. The Labute approximate surface area is 109 Å². The van der Waals surface area contributed by atoms with Crippen molar-refractivity contribution in [2.75, 3.05) is 19.6 Å². The Hall–Kier alpha value is -1.10. The third-order valence-corrected chi connectivity index (χ3v) is 2.93. The summed E-state index contributed by atoms with van der Waals surface area (Å²) < 4.78 is 0. The second kappa shape index (κ2) is 8.08. The van der Waals surface area contributed by atoms with Gasteiger partial charge < -0.3 is 16.0 Å². The molecule has 0 radical (unpaired) electrons. The van der Waals surface area contributed by atoms with E-state index in [4.69, 9.17) is 0 Å². The Morgan fingerprint density at radius 1 is 1.33 bits per heavy atom. The monoisotopic (exact) mass is 255 g/mol. The topological polar surface area (TPSA) is 70.2 Å². The minimum atomic E-state index is 0.0218. The van der Waals surface area contributed by atoms with E-state index in [-0.39, 0.29) is 17.9 Å². The van der Waals surface area contributed by atoms with Crippen LogP contribution in [-0.4, -0.2) is 37.5 Å². The molecule has 1 heterocycles. The summed E-state index contributed by atoms with van der Waals surface area (Å²) >= 11 is 0. The molecule has 5 heteroatoms. The average molecular weight is 255 g/mol. The number of piperidine rings is 1. The van der Waals surface area contributed by atoms with Crippen LogP contribution in [-0.2, 0) is 9.59 Å². The molecule has 1 unspecified atom stereocenters. The molecular formula is C13H25N3O2. The van der Waals surface area contributed by atoms with Crippen molar-refractivity contribution in [1.29, 1.82) is 0 Å². The van der Waals surface area contributed by atoms with Crippen LogP contribution < -0.4 is 16.0 Å². The maximum Gasteiger partial charge on any atom is 0.222 e. The van der Waals surface area contributed by atoms with Crippen molar-refractivity contribution in [3.63, 3.8) is 0 Å². The van der Waals surface area contributed by atoms with Crippen molar-refractivity contribution in [3.05, 3.63) is 0 Å². The number of rotatable bonds is 6. The molecule has 1 aliphatic rings. The molecule has 1 atom stereocenters. The summed E-state index contributed by atoms with van der Waals surface area (Å²) in [7, 11) is 0. The molecule has 0 saturated carbocycles. The lowest BCUT2D eigenvalue weighted by Gasteiger charge is -2.23. The van der Waals surface area contributed by atoms with Gasteiger partial charge in [-0.25, -0.2) is 0 Å². The van der Waals surface area contributed by atoms with E-state index in [1.54, 1.807) is 0 Å². The minimum Gasteiger partial charge on any atom is -0.356 e. The lowest BCUT2D eigenvalue weighted by Crippen LogP contribution is -2.46. The van der Waals surface area contributed by atoms with Crippen molar-refractivity contribution in [2.24, 2.45) is 5.92 Å². The van der Waals surface area contributed by atoms with Crippen molar-refractivity contribution < 1.29 is 9.59 Å². The summed E-state index contributed by atoms with van der Waals surface area (Å²) in [6.07, 6.45) is 3.03. The molecule has 18 heavy (non-hydrogen) atoms. The molecule has 1 fully saturated rings. The lowest BCUT2D eigenvalue weighted by molar-refractivity contribution is -0.123. The smallest absolute Gasteiger partial charge is 0.222 e. The quantitative estimate of drug-likeness (QED) is 0.644. The maximum atomic E-state index is 11.6. The molecule has 104 valence electrons. The fourth-order valence-corrected chi connectivity index (χ4v) is 2.03. The first-order valence-corrected chi connectivity index (χ1v) is 6.84. The van der Waals surface area contributed by atoms with Crippen LogP contribution in [0.2, 0.25) is 0 Å². The SMILES string of the molecule is CC(C)CC(=O)NCCC(=O)NC1CCCNC1. The zero-order chi connectivity index (χ0) is 13.4. The Morgan fingerprint density at radius 2 is 2.11 bits per heavy atom. The van der Waals surface area contributed by atoms with Gasteiger partial charge >= 0.3 is 0 Å². The number of carbonyl (C=O) groups is 2. The van der Waals surface area contributed by atoms with Crippen molar-refractivity contribution in [1.82, 2.24) is 16.0 Å². The van der Waals surface area contributed by atoms with E-state index >= 15 is 0 Å². The van der Waals surface area contributed by atoms with Crippen LogP contribution in [0.1, 0.15) is 39.5 Å². The van der Waals surface area contributed by atoms with Gasteiger partial charge in [0.25, 0.3) is 0 Å². The van der Waals surface area contributed by atoms with E-state index in [1.165, 1.54) is 0 Å². The average Bonchev–Trinajstić information content (AvgIpc) is 2.29. The third kappa shape index (κ3) is 6.59. The van der Waals surface area contributed by atoms with E-state index in [0.717, 1.165) is 25.9 Å². The van der Waals surface area contributed by atoms with Gasteiger partial charge in [0.15, 0.2) is 0 Å². The summed E-state index contributed by atoms with van der Waals surface area (Å²) in [6, 6.07) is 0.248. The predicted octanol–water partition coefficient (Wildman–Crippen LogP) is 0.407. The van der Waals surface area contributed by atoms with E-state index in [1.807, 2.05) is 13.8 Å². The van der Waals surface area contributed by atoms with Crippen LogP contribution in [0.3, 0.4) is 0 Å². The number of hydrogen-bond acceptors (Lipinski definition) is 3. The summed E-state index contributed by atoms with van der Waals surface area (Å²) in [6.45, 7) is 6.32. The molecule has 3 N–H and O–H groups in total. The summed E-state index contributed by atoms with van der Waals surface area (Å²) in [5.41, 5.74) is 0.